The molecule has 0 aliphatic rings. The van der Waals surface area contributed by atoms with E-state index in [2.05, 4.69) is 5.10 Å². The lowest BCUT2D eigenvalue weighted by Gasteiger charge is -2.26. The van der Waals surface area contributed by atoms with Crippen molar-refractivity contribution in [2.75, 3.05) is 6.61 Å². The predicted molar refractivity (Wildman–Crippen MR) is 61.9 cm³/mol. The van der Waals surface area contributed by atoms with Crippen LogP contribution < -0.4 is 0 Å². The third-order valence-electron chi connectivity index (χ3n) is 2.84. The summed E-state index contributed by atoms with van der Waals surface area (Å²) in [5.41, 5.74) is -0.829. The summed E-state index contributed by atoms with van der Waals surface area (Å²) in [7, 11) is 1.70. The second kappa shape index (κ2) is 5.33. The molecule has 1 unspecified atom stereocenters. The molecule has 1 rings (SSSR count). The number of ether oxygens (including phenoxy) is 1. The molecule has 0 spiro atoms. The molecular formula is C12H14N4O2. The van der Waals surface area contributed by atoms with Gasteiger partial charge in [0, 0.05) is 18.8 Å². The molecule has 0 saturated carbocycles. The van der Waals surface area contributed by atoms with Gasteiger partial charge in [-0.15, -0.1) is 0 Å². The van der Waals surface area contributed by atoms with Crippen LogP contribution in [0.5, 0.6) is 0 Å². The first-order valence-electron chi connectivity index (χ1n) is 5.46. The van der Waals surface area contributed by atoms with Crippen molar-refractivity contribution < 1.29 is 9.53 Å². The zero-order chi connectivity index (χ0) is 13.8. The van der Waals surface area contributed by atoms with Gasteiger partial charge in [0.25, 0.3) is 0 Å². The van der Waals surface area contributed by atoms with Gasteiger partial charge in [0.15, 0.2) is 5.92 Å². The Morgan fingerprint density at radius 1 is 1.61 bits per heavy atom. The summed E-state index contributed by atoms with van der Waals surface area (Å²) in [6.45, 7) is 3.40. The van der Waals surface area contributed by atoms with Crippen LogP contribution in [0.4, 0.5) is 0 Å². The highest BCUT2D eigenvalue weighted by atomic mass is 16.5. The second-order valence-electron chi connectivity index (χ2n) is 4.02. The van der Waals surface area contributed by atoms with Gasteiger partial charge >= 0.3 is 5.97 Å². The molecule has 0 aromatic carbocycles. The molecule has 0 aliphatic carbocycles. The topological polar surface area (TPSA) is 91.7 Å². The van der Waals surface area contributed by atoms with Crippen molar-refractivity contribution in [3.8, 4) is 12.1 Å². The first kappa shape index (κ1) is 13.7. The molecule has 1 atom stereocenters. The van der Waals surface area contributed by atoms with Crippen molar-refractivity contribution in [2.24, 2.45) is 13.0 Å². The maximum atomic E-state index is 12.1. The van der Waals surface area contributed by atoms with Crippen molar-refractivity contribution in [3.05, 3.63) is 18.0 Å². The van der Waals surface area contributed by atoms with Crippen molar-refractivity contribution >= 4 is 5.97 Å². The number of aryl methyl sites for hydroxylation is 1. The Labute approximate surface area is 105 Å². The fourth-order valence-corrected chi connectivity index (χ4v) is 1.66. The molecule has 0 fully saturated rings. The van der Waals surface area contributed by atoms with Gasteiger partial charge in [0.1, 0.15) is 5.41 Å². The van der Waals surface area contributed by atoms with E-state index in [4.69, 9.17) is 15.3 Å². The Morgan fingerprint density at radius 3 is 2.61 bits per heavy atom. The van der Waals surface area contributed by atoms with Gasteiger partial charge in [-0.2, -0.15) is 15.6 Å². The normalized spacial score (nSPS) is 13.4. The lowest BCUT2D eigenvalue weighted by Crippen LogP contribution is -2.40. The minimum absolute atomic E-state index is 0.193. The summed E-state index contributed by atoms with van der Waals surface area (Å²) >= 11 is 0. The Kier molecular flexibility index (Phi) is 4.06. The first-order chi connectivity index (χ1) is 8.50. The summed E-state index contributed by atoms with van der Waals surface area (Å²) < 4.78 is 6.49. The quantitative estimate of drug-likeness (QED) is 0.736. The van der Waals surface area contributed by atoms with Crippen molar-refractivity contribution in [1.82, 2.24) is 9.78 Å². The summed E-state index contributed by atoms with van der Waals surface area (Å²) in [4.78, 5) is 12.1. The highest BCUT2D eigenvalue weighted by molar-refractivity contribution is 5.84. The molecule has 0 amide bonds. The molecule has 94 valence electrons. The molecule has 1 aromatic rings. The van der Waals surface area contributed by atoms with Crippen LogP contribution in [0, 0.1) is 28.6 Å². The van der Waals surface area contributed by atoms with Crippen molar-refractivity contribution in [3.63, 3.8) is 0 Å². The van der Waals surface area contributed by atoms with Crippen LogP contribution in [0.15, 0.2) is 12.4 Å². The van der Waals surface area contributed by atoms with Crippen LogP contribution in [0.25, 0.3) is 0 Å². The first-order valence-corrected chi connectivity index (χ1v) is 5.46. The minimum Gasteiger partial charge on any atom is -0.465 e. The van der Waals surface area contributed by atoms with Crippen LogP contribution >= 0.6 is 0 Å². The van der Waals surface area contributed by atoms with E-state index in [1.807, 2.05) is 12.1 Å². The largest absolute Gasteiger partial charge is 0.465 e. The number of carbonyl (C=O) groups is 1. The number of aromatic nitrogens is 2. The Bertz CT molecular complexity index is 509. The van der Waals surface area contributed by atoms with E-state index in [1.54, 1.807) is 20.2 Å². The van der Waals surface area contributed by atoms with Gasteiger partial charge in [-0.3, -0.25) is 9.48 Å². The molecule has 18 heavy (non-hydrogen) atoms. The van der Waals surface area contributed by atoms with E-state index in [0.717, 1.165) is 0 Å². The third kappa shape index (κ3) is 2.18. The number of carbonyl (C=O) groups excluding carboxylic acids is 1. The van der Waals surface area contributed by atoms with Gasteiger partial charge in [-0.25, -0.2) is 0 Å². The summed E-state index contributed by atoms with van der Waals surface area (Å²) in [5.74, 6) is -1.72. The van der Waals surface area contributed by atoms with Crippen LogP contribution in [0.3, 0.4) is 0 Å². The number of rotatable bonds is 4. The zero-order valence-electron chi connectivity index (χ0n) is 10.5. The van der Waals surface area contributed by atoms with E-state index < -0.39 is 17.3 Å². The Morgan fingerprint density at radius 2 is 2.22 bits per heavy atom. The smallest absolute Gasteiger partial charge is 0.318 e. The standard InChI is InChI=1S/C12H14N4O2/c1-4-18-11(17)12(2,9(5-13)6-14)10-7-15-16(3)8-10/h7-9H,4H2,1-3H3. The average molecular weight is 246 g/mol. The summed E-state index contributed by atoms with van der Waals surface area (Å²) in [6, 6.07) is 3.68. The third-order valence-corrected chi connectivity index (χ3v) is 2.84. The van der Waals surface area contributed by atoms with Gasteiger partial charge in [0.05, 0.1) is 24.9 Å². The lowest BCUT2D eigenvalue weighted by atomic mass is 9.74. The Balaban J connectivity index is 3.31. The Hall–Kier alpha value is -2.34. The molecule has 0 radical (unpaired) electrons. The molecular weight excluding hydrogens is 232 g/mol. The predicted octanol–water partition coefficient (Wildman–Crippen LogP) is 0.904. The van der Waals surface area contributed by atoms with E-state index in [1.165, 1.54) is 17.8 Å². The number of hydrogen-bond acceptors (Lipinski definition) is 5. The van der Waals surface area contributed by atoms with Crippen molar-refractivity contribution in [2.45, 2.75) is 19.3 Å². The number of hydrogen-bond donors (Lipinski definition) is 0. The van der Waals surface area contributed by atoms with Crippen LogP contribution in [-0.4, -0.2) is 22.4 Å². The van der Waals surface area contributed by atoms with E-state index in [0.29, 0.717) is 5.56 Å². The maximum Gasteiger partial charge on any atom is 0.318 e. The van der Waals surface area contributed by atoms with Gasteiger partial charge in [-0.1, -0.05) is 0 Å². The fraction of sp³-hybridized carbons (Fsp3) is 0.500. The summed E-state index contributed by atoms with van der Waals surface area (Å²) in [5, 5.41) is 22.0. The second-order valence-corrected chi connectivity index (χ2v) is 4.02. The van der Waals surface area contributed by atoms with Gasteiger partial charge in [0.2, 0.25) is 0 Å². The van der Waals surface area contributed by atoms with Gasteiger partial charge < -0.3 is 4.74 Å². The van der Waals surface area contributed by atoms with Crippen LogP contribution in [-0.2, 0) is 22.0 Å². The number of esters is 1. The highest BCUT2D eigenvalue weighted by Crippen LogP contribution is 2.33. The molecule has 1 heterocycles. The number of nitriles is 2. The van der Waals surface area contributed by atoms with E-state index >= 15 is 0 Å². The van der Waals surface area contributed by atoms with E-state index in [9.17, 15) is 4.79 Å². The monoisotopic (exact) mass is 246 g/mol. The molecule has 0 N–H and O–H groups in total. The molecule has 0 saturated heterocycles. The van der Waals surface area contributed by atoms with Crippen LogP contribution in [0.1, 0.15) is 19.4 Å². The molecule has 1 aromatic heterocycles. The maximum absolute atomic E-state index is 12.1. The number of nitrogens with zero attached hydrogens (tertiary/aromatic N) is 4. The van der Waals surface area contributed by atoms with Gasteiger partial charge in [-0.05, 0) is 13.8 Å². The zero-order valence-corrected chi connectivity index (χ0v) is 10.5. The molecule has 0 bridgehead atoms. The highest BCUT2D eigenvalue weighted by Gasteiger charge is 2.46. The molecule has 6 heteroatoms. The molecule has 6 nitrogen and oxygen atoms in total. The molecule has 0 aliphatic heterocycles. The average Bonchev–Trinajstić information content (AvgIpc) is 2.77. The minimum atomic E-state index is -1.33. The van der Waals surface area contributed by atoms with Crippen LogP contribution in [0.2, 0.25) is 0 Å². The lowest BCUT2D eigenvalue weighted by molar-refractivity contribution is -0.150. The fourth-order valence-electron chi connectivity index (χ4n) is 1.66. The SMILES string of the molecule is CCOC(=O)C(C)(c1cnn(C)c1)C(C#N)C#N. The van der Waals surface area contributed by atoms with Crippen molar-refractivity contribution in [1.29, 1.82) is 10.5 Å². The summed E-state index contributed by atoms with van der Waals surface area (Å²) in [6.07, 6.45) is 3.08. The van der Waals surface area contributed by atoms with E-state index in [-0.39, 0.29) is 6.61 Å².